The maximum Gasteiger partial charge on any atom is 0.417 e. The largest absolute Gasteiger partial charge is 0.496 e. The van der Waals surface area contributed by atoms with Crippen molar-refractivity contribution in [1.82, 2.24) is 10.6 Å². The van der Waals surface area contributed by atoms with Crippen LogP contribution < -0.4 is 15.4 Å². The normalized spacial score (nSPS) is 23.1. The summed E-state index contributed by atoms with van der Waals surface area (Å²) in [5, 5.41) is 6.19. The maximum absolute atomic E-state index is 13.6. The molecular weight excluding hydrogens is 458 g/mol. The van der Waals surface area contributed by atoms with Gasteiger partial charge in [0.05, 0.1) is 23.8 Å². The quantitative estimate of drug-likeness (QED) is 0.560. The molecule has 1 saturated heterocycles. The van der Waals surface area contributed by atoms with Crippen molar-refractivity contribution in [3.63, 3.8) is 0 Å². The number of alkyl halides is 6. The number of methoxy groups -OCH3 is 1. The molecule has 1 aliphatic heterocycles. The second-order valence-electron chi connectivity index (χ2n) is 8.12. The van der Waals surface area contributed by atoms with E-state index in [0.717, 1.165) is 50.7 Å². The minimum atomic E-state index is -5.16. The smallest absolute Gasteiger partial charge is 0.417 e. The van der Waals surface area contributed by atoms with Gasteiger partial charge < -0.3 is 15.4 Å². The molecule has 0 unspecified atom stereocenters. The average molecular weight is 485 g/mol. The molecule has 1 saturated carbocycles. The van der Waals surface area contributed by atoms with Crippen molar-refractivity contribution in [2.45, 2.75) is 69.0 Å². The number of rotatable bonds is 5. The van der Waals surface area contributed by atoms with Crippen LogP contribution >= 0.6 is 11.8 Å². The molecule has 11 heteroatoms. The van der Waals surface area contributed by atoms with E-state index < -0.39 is 46.7 Å². The molecule has 3 rings (SSSR count). The third-order valence-electron chi connectivity index (χ3n) is 5.94. The number of ether oxygens (including phenoxy) is 1. The summed E-state index contributed by atoms with van der Waals surface area (Å²) in [6, 6.07) is 0.161. The highest BCUT2D eigenvalue weighted by Crippen LogP contribution is 2.41. The van der Waals surface area contributed by atoms with Gasteiger partial charge in [-0.25, -0.2) is 0 Å². The monoisotopic (exact) mass is 484 g/mol. The summed E-state index contributed by atoms with van der Waals surface area (Å²) in [5.41, 5.74) is -4.11. The van der Waals surface area contributed by atoms with Gasteiger partial charge in [0.2, 0.25) is 0 Å². The van der Waals surface area contributed by atoms with Gasteiger partial charge >= 0.3 is 12.4 Å². The zero-order valence-electron chi connectivity index (χ0n) is 17.5. The van der Waals surface area contributed by atoms with E-state index in [1.54, 1.807) is 0 Å². The van der Waals surface area contributed by atoms with E-state index >= 15 is 0 Å². The van der Waals surface area contributed by atoms with Gasteiger partial charge in [-0.15, -0.1) is 0 Å². The molecule has 1 aromatic rings. The SMILES string of the molecule is COc1cc(C(F)(F)F)cc(C(F)(F)F)c1C(=O)N[C@@H]1CCCC[C@@H]1NC1CCSCC1. The molecular formula is C21H26F6N2O2S. The van der Waals surface area contributed by atoms with Crippen LogP contribution in [0.25, 0.3) is 0 Å². The van der Waals surface area contributed by atoms with Crippen LogP contribution in [0.2, 0.25) is 0 Å². The fourth-order valence-electron chi connectivity index (χ4n) is 4.31. The van der Waals surface area contributed by atoms with E-state index in [2.05, 4.69) is 10.6 Å². The number of amides is 1. The van der Waals surface area contributed by atoms with Gasteiger partial charge in [0.1, 0.15) is 5.75 Å². The standard InChI is InChI=1S/C21H26F6N2O2S/c1-31-17-11-12(20(22,23)24)10-14(21(25,26)27)18(17)19(30)29-16-5-3-2-4-15(16)28-13-6-8-32-9-7-13/h10-11,13,15-16,28H,2-9H2,1H3,(H,29,30)/t15-,16+/m0/s1. The van der Waals surface area contributed by atoms with Crippen LogP contribution in [0.1, 0.15) is 60.0 Å². The molecule has 2 atom stereocenters. The van der Waals surface area contributed by atoms with Gasteiger partial charge in [-0.3, -0.25) is 4.79 Å². The Bertz CT molecular complexity index is 809. The Morgan fingerprint density at radius 1 is 0.969 bits per heavy atom. The lowest BCUT2D eigenvalue weighted by atomic mass is 9.88. The zero-order valence-corrected chi connectivity index (χ0v) is 18.4. The molecule has 1 aromatic carbocycles. The van der Waals surface area contributed by atoms with E-state index in [1.807, 2.05) is 11.8 Å². The minimum Gasteiger partial charge on any atom is -0.496 e. The van der Waals surface area contributed by atoms with Gasteiger partial charge in [0, 0.05) is 18.1 Å². The molecule has 32 heavy (non-hydrogen) atoms. The summed E-state index contributed by atoms with van der Waals surface area (Å²) in [6.07, 6.45) is -5.13. The Morgan fingerprint density at radius 2 is 1.59 bits per heavy atom. The molecule has 4 nitrogen and oxygen atoms in total. The first-order valence-corrected chi connectivity index (χ1v) is 11.7. The number of hydrogen-bond donors (Lipinski definition) is 2. The van der Waals surface area contributed by atoms with Gasteiger partial charge in [-0.2, -0.15) is 38.1 Å². The van der Waals surface area contributed by atoms with Crippen LogP contribution in [0.3, 0.4) is 0 Å². The number of benzene rings is 1. The van der Waals surface area contributed by atoms with E-state index in [-0.39, 0.29) is 18.2 Å². The van der Waals surface area contributed by atoms with Crippen LogP contribution in [-0.2, 0) is 12.4 Å². The van der Waals surface area contributed by atoms with E-state index in [1.165, 1.54) is 0 Å². The molecule has 0 radical (unpaired) electrons. The summed E-state index contributed by atoms with van der Waals surface area (Å²) in [4.78, 5) is 13.0. The first kappa shape index (κ1) is 25.0. The van der Waals surface area contributed by atoms with Crippen molar-refractivity contribution in [3.8, 4) is 5.75 Å². The highest BCUT2D eigenvalue weighted by Gasteiger charge is 2.42. The molecule has 0 bridgehead atoms. The Balaban J connectivity index is 1.88. The third kappa shape index (κ3) is 6.03. The lowest BCUT2D eigenvalue weighted by Gasteiger charge is -2.37. The van der Waals surface area contributed by atoms with E-state index in [9.17, 15) is 31.1 Å². The van der Waals surface area contributed by atoms with Gasteiger partial charge in [-0.05, 0) is 49.3 Å². The van der Waals surface area contributed by atoms with Crippen molar-refractivity contribution in [1.29, 1.82) is 0 Å². The minimum absolute atomic E-state index is 0.0340. The predicted molar refractivity (Wildman–Crippen MR) is 110 cm³/mol. The average Bonchev–Trinajstić information content (AvgIpc) is 2.73. The van der Waals surface area contributed by atoms with Crippen LogP contribution in [0.15, 0.2) is 12.1 Å². The van der Waals surface area contributed by atoms with Crippen LogP contribution in [0.4, 0.5) is 26.3 Å². The third-order valence-corrected chi connectivity index (χ3v) is 6.98. The Morgan fingerprint density at radius 3 is 2.16 bits per heavy atom. The van der Waals surface area contributed by atoms with E-state index in [4.69, 9.17) is 4.74 Å². The lowest BCUT2D eigenvalue weighted by molar-refractivity contribution is -0.143. The van der Waals surface area contributed by atoms with Crippen molar-refractivity contribution < 1.29 is 35.9 Å². The Hall–Kier alpha value is -1.62. The molecule has 2 fully saturated rings. The van der Waals surface area contributed by atoms with Crippen LogP contribution in [0.5, 0.6) is 5.75 Å². The van der Waals surface area contributed by atoms with Gasteiger partial charge in [-0.1, -0.05) is 12.8 Å². The van der Waals surface area contributed by atoms with Crippen molar-refractivity contribution in [2.75, 3.05) is 18.6 Å². The molecule has 0 spiro atoms. The molecule has 0 aromatic heterocycles. The lowest BCUT2D eigenvalue weighted by Crippen LogP contribution is -2.54. The second kappa shape index (κ2) is 10.1. The Kier molecular flexibility index (Phi) is 7.90. The summed E-state index contributed by atoms with van der Waals surface area (Å²) in [5.74, 6) is 0.216. The highest BCUT2D eigenvalue weighted by atomic mass is 32.2. The number of thioether (sulfide) groups is 1. The first-order chi connectivity index (χ1) is 15.0. The molecule has 1 amide bonds. The van der Waals surface area contributed by atoms with Crippen molar-refractivity contribution in [3.05, 3.63) is 28.8 Å². The predicted octanol–water partition coefficient (Wildman–Crippen LogP) is 5.26. The summed E-state index contributed by atoms with van der Waals surface area (Å²) >= 11 is 1.87. The highest BCUT2D eigenvalue weighted by molar-refractivity contribution is 7.99. The van der Waals surface area contributed by atoms with Crippen molar-refractivity contribution >= 4 is 17.7 Å². The van der Waals surface area contributed by atoms with Gasteiger partial charge in [0.15, 0.2) is 0 Å². The zero-order chi connectivity index (χ0) is 23.5. The van der Waals surface area contributed by atoms with Crippen LogP contribution in [0, 0.1) is 0 Å². The fraction of sp³-hybridized carbons (Fsp3) is 0.667. The van der Waals surface area contributed by atoms with Gasteiger partial charge in [0.25, 0.3) is 5.91 Å². The Labute approximate surface area is 186 Å². The maximum atomic E-state index is 13.6. The van der Waals surface area contributed by atoms with Crippen LogP contribution in [-0.4, -0.2) is 42.6 Å². The second-order valence-corrected chi connectivity index (χ2v) is 9.35. The topological polar surface area (TPSA) is 50.4 Å². The summed E-state index contributed by atoms with van der Waals surface area (Å²) in [6.45, 7) is 0. The summed E-state index contributed by atoms with van der Waals surface area (Å²) in [7, 11) is 0.943. The number of hydrogen-bond acceptors (Lipinski definition) is 4. The number of carbonyl (C=O) groups excluding carboxylic acids is 1. The summed E-state index contributed by atoms with van der Waals surface area (Å²) < 4.78 is 85.1. The number of nitrogens with one attached hydrogen (secondary N) is 2. The molecule has 1 aliphatic carbocycles. The molecule has 1 heterocycles. The number of halogens is 6. The number of carbonyl (C=O) groups is 1. The molecule has 180 valence electrons. The molecule has 2 N–H and O–H groups in total. The molecule has 2 aliphatic rings. The van der Waals surface area contributed by atoms with E-state index in [0.29, 0.717) is 12.5 Å². The van der Waals surface area contributed by atoms with Crippen molar-refractivity contribution in [2.24, 2.45) is 0 Å². The fourth-order valence-corrected chi connectivity index (χ4v) is 5.42. The first-order valence-electron chi connectivity index (χ1n) is 10.5.